The third-order valence-corrected chi connectivity index (χ3v) is 3.79. The first-order valence-corrected chi connectivity index (χ1v) is 6.83. The summed E-state index contributed by atoms with van der Waals surface area (Å²) < 4.78 is 0. The third kappa shape index (κ3) is 4.55. The molecule has 0 aromatic carbocycles. The minimum absolute atomic E-state index is 0.809. The maximum Gasteiger partial charge on any atom is 0.00925 e. The second kappa shape index (κ2) is 6.52. The van der Waals surface area contributed by atoms with Gasteiger partial charge < -0.3 is 4.90 Å². The molecule has 1 heteroatoms. The van der Waals surface area contributed by atoms with E-state index in [1.165, 1.54) is 45.1 Å². The van der Waals surface area contributed by atoms with Crippen molar-refractivity contribution in [1.29, 1.82) is 0 Å². The van der Waals surface area contributed by atoms with Gasteiger partial charge in [0.2, 0.25) is 0 Å². The molecular formula is C14H29N. The average Bonchev–Trinajstić information content (AvgIpc) is 2.18. The van der Waals surface area contributed by atoms with Gasteiger partial charge in [0.1, 0.15) is 0 Å². The molecule has 0 atom stereocenters. The van der Waals surface area contributed by atoms with Crippen molar-refractivity contribution in [2.75, 3.05) is 13.6 Å². The molecule has 0 radical (unpaired) electrons. The summed E-state index contributed by atoms with van der Waals surface area (Å²) in [5.41, 5.74) is 0. The van der Waals surface area contributed by atoms with Gasteiger partial charge in [-0.2, -0.15) is 0 Å². The van der Waals surface area contributed by atoms with Crippen molar-refractivity contribution >= 4 is 0 Å². The van der Waals surface area contributed by atoms with Gasteiger partial charge in [-0.05, 0) is 44.6 Å². The van der Waals surface area contributed by atoms with Crippen LogP contribution in [0.5, 0.6) is 0 Å². The summed E-state index contributed by atoms with van der Waals surface area (Å²) in [5.74, 6) is 1.85. The summed E-state index contributed by atoms with van der Waals surface area (Å²) in [7, 11) is 2.31. The Labute approximate surface area is 96.2 Å². The lowest BCUT2D eigenvalue weighted by molar-refractivity contribution is 0.148. The Bertz CT molecular complexity index is 157. The van der Waals surface area contributed by atoms with E-state index < -0.39 is 0 Å². The van der Waals surface area contributed by atoms with Crippen molar-refractivity contribution in [3.8, 4) is 0 Å². The predicted octanol–water partition coefficient (Wildman–Crippen LogP) is 3.93. The van der Waals surface area contributed by atoms with Crippen LogP contribution in [0.4, 0.5) is 0 Å². The van der Waals surface area contributed by atoms with Crippen molar-refractivity contribution < 1.29 is 0 Å². The van der Waals surface area contributed by atoms with Crippen LogP contribution < -0.4 is 0 Å². The molecule has 1 nitrogen and oxygen atoms in total. The largest absolute Gasteiger partial charge is 0.303 e. The van der Waals surface area contributed by atoms with E-state index >= 15 is 0 Å². The lowest BCUT2D eigenvalue weighted by Gasteiger charge is -2.35. The van der Waals surface area contributed by atoms with Crippen LogP contribution in [-0.2, 0) is 0 Å². The second-order valence-corrected chi connectivity index (χ2v) is 5.80. The molecule has 0 aliphatic heterocycles. The molecule has 1 fully saturated rings. The van der Waals surface area contributed by atoms with Gasteiger partial charge in [-0.15, -0.1) is 0 Å². The lowest BCUT2D eigenvalue weighted by atomic mass is 9.83. The van der Waals surface area contributed by atoms with Gasteiger partial charge in [0.15, 0.2) is 0 Å². The summed E-state index contributed by atoms with van der Waals surface area (Å²) >= 11 is 0. The maximum absolute atomic E-state index is 2.59. The number of hydrogen-bond acceptors (Lipinski definition) is 1. The molecule has 0 aromatic rings. The molecule has 0 spiro atoms. The fourth-order valence-electron chi connectivity index (χ4n) is 3.01. The first-order chi connectivity index (χ1) is 7.13. The van der Waals surface area contributed by atoms with Crippen molar-refractivity contribution in [3.05, 3.63) is 0 Å². The third-order valence-electron chi connectivity index (χ3n) is 3.79. The molecule has 90 valence electrons. The normalized spacial score (nSPS) is 27.6. The Kier molecular flexibility index (Phi) is 5.66. The fraction of sp³-hybridized carbons (Fsp3) is 1.00. The van der Waals surface area contributed by atoms with Crippen LogP contribution in [-0.4, -0.2) is 24.5 Å². The topological polar surface area (TPSA) is 3.24 Å². The van der Waals surface area contributed by atoms with Gasteiger partial charge >= 0.3 is 0 Å². The molecule has 0 unspecified atom stereocenters. The smallest absolute Gasteiger partial charge is 0.00925 e. The molecule has 1 aliphatic rings. The summed E-state index contributed by atoms with van der Waals surface area (Å²) in [6.07, 6.45) is 8.65. The van der Waals surface area contributed by atoms with Crippen molar-refractivity contribution in [1.82, 2.24) is 4.90 Å². The van der Waals surface area contributed by atoms with Gasteiger partial charge in [0.25, 0.3) is 0 Å². The van der Waals surface area contributed by atoms with E-state index in [1.54, 1.807) is 0 Å². The molecule has 0 bridgehead atoms. The van der Waals surface area contributed by atoms with Crippen LogP contribution in [0.2, 0.25) is 0 Å². The highest BCUT2D eigenvalue weighted by molar-refractivity contribution is 4.78. The molecule has 0 heterocycles. The molecule has 0 saturated heterocycles. The summed E-state index contributed by atoms with van der Waals surface area (Å²) in [5, 5.41) is 0. The Morgan fingerprint density at radius 3 is 2.20 bits per heavy atom. The van der Waals surface area contributed by atoms with Crippen molar-refractivity contribution in [2.45, 2.75) is 65.3 Å². The van der Waals surface area contributed by atoms with Gasteiger partial charge in [0.05, 0.1) is 0 Å². The van der Waals surface area contributed by atoms with Crippen LogP contribution in [0.15, 0.2) is 0 Å². The van der Waals surface area contributed by atoms with Crippen LogP contribution in [0.3, 0.4) is 0 Å². The van der Waals surface area contributed by atoms with Gasteiger partial charge in [-0.1, -0.05) is 33.6 Å². The average molecular weight is 211 g/mol. The number of nitrogens with zero attached hydrogens (tertiary/aromatic N) is 1. The van der Waals surface area contributed by atoms with Gasteiger partial charge in [0, 0.05) is 12.6 Å². The zero-order valence-electron chi connectivity index (χ0n) is 11.1. The second-order valence-electron chi connectivity index (χ2n) is 5.80. The van der Waals surface area contributed by atoms with E-state index in [2.05, 4.69) is 32.7 Å². The van der Waals surface area contributed by atoms with E-state index in [0.29, 0.717) is 0 Å². The van der Waals surface area contributed by atoms with Crippen LogP contribution in [0.1, 0.15) is 59.3 Å². The minimum Gasteiger partial charge on any atom is -0.303 e. The Morgan fingerprint density at radius 1 is 1.13 bits per heavy atom. The van der Waals surface area contributed by atoms with Crippen molar-refractivity contribution in [2.24, 2.45) is 11.8 Å². The first kappa shape index (κ1) is 13.0. The highest BCUT2D eigenvalue weighted by Crippen LogP contribution is 2.30. The predicted molar refractivity (Wildman–Crippen MR) is 68.1 cm³/mol. The van der Waals surface area contributed by atoms with Crippen LogP contribution >= 0.6 is 0 Å². The molecule has 0 N–H and O–H groups in total. The Balaban J connectivity index is 2.24. The maximum atomic E-state index is 2.59. The molecule has 1 saturated carbocycles. The van der Waals surface area contributed by atoms with Crippen LogP contribution in [0, 0.1) is 11.8 Å². The van der Waals surface area contributed by atoms with E-state index in [-0.39, 0.29) is 0 Å². The highest BCUT2D eigenvalue weighted by atomic mass is 15.1. The van der Waals surface area contributed by atoms with Gasteiger partial charge in [-0.25, -0.2) is 0 Å². The molecule has 0 amide bonds. The van der Waals surface area contributed by atoms with E-state index in [0.717, 1.165) is 17.9 Å². The monoisotopic (exact) mass is 211 g/mol. The standard InChI is InChI=1S/C14H29N/c1-5-6-13-7-9-14(10-8-13)15(4)11-12(2)3/h12-14H,5-11H2,1-4H3/t13-,14+. The molecule has 1 rings (SSSR count). The first-order valence-electron chi connectivity index (χ1n) is 6.83. The molecule has 0 aromatic heterocycles. The van der Waals surface area contributed by atoms with E-state index in [4.69, 9.17) is 0 Å². The van der Waals surface area contributed by atoms with Crippen LogP contribution in [0.25, 0.3) is 0 Å². The minimum atomic E-state index is 0.809. The molecule has 1 aliphatic carbocycles. The van der Waals surface area contributed by atoms with E-state index in [9.17, 15) is 0 Å². The number of rotatable bonds is 5. The van der Waals surface area contributed by atoms with Crippen molar-refractivity contribution in [3.63, 3.8) is 0 Å². The zero-order chi connectivity index (χ0) is 11.3. The SMILES string of the molecule is CCC[C@H]1CC[C@@H](N(C)CC(C)C)CC1. The fourth-order valence-corrected chi connectivity index (χ4v) is 3.01. The summed E-state index contributed by atoms with van der Waals surface area (Å²) in [6.45, 7) is 8.22. The summed E-state index contributed by atoms with van der Waals surface area (Å²) in [6, 6.07) is 0.875. The molecular weight excluding hydrogens is 182 g/mol. The quantitative estimate of drug-likeness (QED) is 0.666. The lowest BCUT2D eigenvalue weighted by Crippen LogP contribution is -2.37. The van der Waals surface area contributed by atoms with Gasteiger partial charge in [-0.3, -0.25) is 0 Å². The zero-order valence-corrected chi connectivity index (χ0v) is 11.1. The number of hydrogen-bond donors (Lipinski definition) is 0. The van der Waals surface area contributed by atoms with E-state index in [1.807, 2.05) is 0 Å². The summed E-state index contributed by atoms with van der Waals surface area (Å²) in [4.78, 5) is 2.59. The Morgan fingerprint density at radius 2 is 1.73 bits per heavy atom. The Hall–Kier alpha value is -0.0400. The highest BCUT2D eigenvalue weighted by Gasteiger charge is 2.23. The molecule has 15 heavy (non-hydrogen) atoms.